The first kappa shape index (κ1) is 23.5. The van der Waals surface area contributed by atoms with Gasteiger partial charge in [-0.3, -0.25) is 9.69 Å². The van der Waals surface area contributed by atoms with E-state index in [1.807, 2.05) is 53.4 Å². The molecule has 3 aromatic carbocycles. The van der Waals surface area contributed by atoms with Crippen LogP contribution >= 0.6 is 0 Å². The minimum atomic E-state index is 0.234. The van der Waals surface area contributed by atoms with Gasteiger partial charge in [-0.15, -0.1) is 0 Å². The first-order valence-corrected chi connectivity index (χ1v) is 11.9. The van der Waals surface area contributed by atoms with Gasteiger partial charge in [0.2, 0.25) is 5.91 Å². The highest BCUT2D eigenvalue weighted by molar-refractivity contribution is 5.76. The van der Waals surface area contributed by atoms with Gasteiger partial charge in [0.25, 0.3) is 0 Å². The molecule has 1 amide bonds. The lowest BCUT2D eigenvalue weighted by Gasteiger charge is -2.22. The van der Waals surface area contributed by atoms with E-state index in [9.17, 15) is 10.1 Å². The van der Waals surface area contributed by atoms with Gasteiger partial charge in [-0.1, -0.05) is 54.6 Å². The van der Waals surface area contributed by atoms with E-state index in [4.69, 9.17) is 4.74 Å². The number of hydrogen-bond donors (Lipinski definition) is 0. The summed E-state index contributed by atoms with van der Waals surface area (Å²) in [5.41, 5.74) is 5.13. The Hall–Kier alpha value is -3.62. The summed E-state index contributed by atoms with van der Waals surface area (Å²) < 4.78 is 5.20. The van der Waals surface area contributed by atoms with Crippen LogP contribution in [0.1, 0.15) is 29.5 Å². The molecule has 1 saturated heterocycles. The molecule has 1 heterocycles. The summed E-state index contributed by atoms with van der Waals surface area (Å²) in [6, 6.07) is 26.4. The van der Waals surface area contributed by atoms with Crippen LogP contribution in [-0.4, -0.2) is 49.0 Å². The molecule has 5 nitrogen and oxygen atoms in total. The van der Waals surface area contributed by atoms with Crippen LogP contribution in [0, 0.1) is 11.3 Å². The quantitative estimate of drug-likeness (QED) is 0.511. The first-order valence-electron chi connectivity index (χ1n) is 11.9. The summed E-state index contributed by atoms with van der Waals surface area (Å²) >= 11 is 0. The topological polar surface area (TPSA) is 56.6 Å². The van der Waals surface area contributed by atoms with Crippen molar-refractivity contribution < 1.29 is 9.53 Å². The fourth-order valence-corrected chi connectivity index (χ4v) is 4.46. The third-order valence-corrected chi connectivity index (χ3v) is 6.45. The molecule has 0 bridgehead atoms. The predicted octanol–water partition coefficient (Wildman–Crippen LogP) is 4.90. The van der Waals surface area contributed by atoms with Crippen LogP contribution in [0.3, 0.4) is 0 Å². The largest absolute Gasteiger partial charge is 0.497 e. The van der Waals surface area contributed by atoms with Crippen LogP contribution in [0.4, 0.5) is 0 Å². The Bertz CT molecular complexity index is 1130. The molecule has 1 aliphatic heterocycles. The molecule has 0 aliphatic carbocycles. The molecule has 34 heavy (non-hydrogen) atoms. The lowest BCUT2D eigenvalue weighted by molar-refractivity contribution is -0.131. The lowest BCUT2D eigenvalue weighted by atomic mass is 9.99. The number of rotatable bonds is 7. The van der Waals surface area contributed by atoms with Gasteiger partial charge in [0.1, 0.15) is 5.75 Å². The van der Waals surface area contributed by atoms with Gasteiger partial charge in [-0.2, -0.15) is 5.26 Å². The summed E-state index contributed by atoms with van der Waals surface area (Å²) in [5, 5.41) is 9.36. The summed E-state index contributed by atoms with van der Waals surface area (Å²) in [4.78, 5) is 17.2. The van der Waals surface area contributed by atoms with Crippen molar-refractivity contribution in [1.82, 2.24) is 9.80 Å². The second-order valence-electron chi connectivity index (χ2n) is 8.71. The molecule has 0 saturated carbocycles. The first-order chi connectivity index (χ1) is 16.7. The number of carbonyl (C=O) groups excluding carboxylic acids is 1. The second-order valence-corrected chi connectivity index (χ2v) is 8.71. The monoisotopic (exact) mass is 453 g/mol. The average Bonchev–Trinajstić information content (AvgIpc) is 3.13. The van der Waals surface area contributed by atoms with Crippen molar-refractivity contribution in [2.45, 2.75) is 25.8 Å². The van der Waals surface area contributed by atoms with Crippen LogP contribution < -0.4 is 4.74 Å². The number of nitrogens with zero attached hydrogens (tertiary/aromatic N) is 3. The smallest absolute Gasteiger partial charge is 0.222 e. The maximum atomic E-state index is 12.8. The van der Waals surface area contributed by atoms with Crippen LogP contribution in [0.5, 0.6) is 5.75 Å². The van der Waals surface area contributed by atoms with Crippen molar-refractivity contribution in [2.75, 3.05) is 33.3 Å². The van der Waals surface area contributed by atoms with E-state index in [1.165, 1.54) is 5.56 Å². The molecule has 174 valence electrons. The second kappa shape index (κ2) is 11.5. The van der Waals surface area contributed by atoms with E-state index in [0.717, 1.165) is 68.0 Å². The van der Waals surface area contributed by atoms with Crippen LogP contribution in [-0.2, 0) is 17.8 Å². The molecule has 0 aromatic heterocycles. The maximum Gasteiger partial charge on any atom is 0.222 e. The number of aryl methyl sites for hydroxylation is 1. The van der Waals surface area contributed by atoms with Crippen molar-refractivity contribution in [3.8, 4) is 22.9 Å². The standard InChI is InChI=1S/C29H31N3O2/c1-34-27-14-9-23(10-15-27)11-16-29(33)32-18-4-17-31(19-20-32)22-24-7-12-25(13-8-24)28-6-3-2-5-26(28)21-30/h2-3,5-10,12-15H,4,11,16-20,22H2,1H3. The maximum absolute atomic E-state index is 12.8. The van der Waals surface area contributed by atoms with Gasteiger partial charge < -0.3 is 9.64 Å². The van der Waals surface area contributed by atoms with E-state index < -0.39 is 0 Å². The molecular formula is C29H31N3O2. The summed E-state index contributed by atoms with van der Waals surface area (Å²) in [6.07, 6.45) is 2.28. The van der Waals surface area contributed by atoms with Crippen molar-refractivity contribution in [2.24, 2.45) is 0 Å². The highest BCUT2D eigenvalue weighted by Crippen LogP contribution is 2.24. The predicted molar refractivity (Wildman–Crippen MR) is 134 cm³/mol. The van der Waals surface area contributed by atoms with E-state index >= 15 is 0 Å². The molecular weight excluding hydrogens is 422 g/mol. The lowest BCUT2D eigenvalue weighted by Crippen LogP contribution is -2.35. The molecule has 1 fully saturated rings. The molecule has 0 unspecified atom stereocenters. The van der Waals surface area contributed by atoms with Gasteiger partial charge in [0.05, 0.1) is 18.7 Å². The normalized spacial score (nSPS) is 14.3. The Morgan fingerprint density at radius 1 is 0.912 bits per heavy atom. The minimum absolute atomic E-state index is 0.234. The van der Waals surface area contributed by atoms with Crippen LogP contribution in [0.25, 0.3) is 11.1 Å². The summed E-state index contributed by atoms with van der Waals surface area (Å²) in [7, 11) is 1.66. The number of carbonyl (C=O) groups is 1. The number of methoxy groups -OCH3 is 1. The Labute approximate surface area is 202 Å². The van der Waals surface area contributed by atoms with Crippen LogP contribution in [0.2, 0.25) is 0 Å². The van der Waals surface area contributed by atoms with Gasteiger partial charge in [-0.25, -0.2) is 0 Å². The van der Waals surface area contributed by atoms with Crippen molar-refractivity contribution in [1.29, 1.82) is 5.26 Å². The highest BCUT2D eigenvalue weighted by Gasteiger charge is 2.19. The Morgan fingerprint density at radius 3 is 2.38 bits per heavy atom. The van der Waals surface area contributed by atoms with Gasteiger partial charge in [-0.05, 0) is 53.3 Å². The fourth-order valence-electron chi connectivity index (χ4n) is 4.46. The zero-order chi connectivity index (χ0) is 23.8. The molecule has 4 rings (SSSR count). The molecule has 0 spiro atoms. The SMILES string of the molecule is COc1ccc(CCC(=O)N2CCCN(Cc3ccc(-c4ccccc4C#N)cc3)CC2)cc1. The Morgan fingerprint density at radius 2 is 1.65 bits per heavy atom. The number of ether oxygens (including phenoxy) is 1. The average molecular weight is 454 g/mol. The third-order valence-electron chi connectivity index (χ3n) is 6.45. The summed E-state index contributed by atoms with van der Waals surface area (Å²) in [6.45, 7) is 4.33. The molecule has 0 radical (unpaired) electrons. The van der Waals surface area contributed by atoms with Gasteiger partial charge in [0.15, 0.2) is 0 Å². The Balaban J connectivity index is 1.28. The van der Waals surface area contributed by atoms with Gasteiger partial charge in [0, 0.05) is 39.1 Å². The molecule has 3 aromatic rings. The minimum Gasteiger partial charge on any atom is -0.497 e. The van der Waals surface area contributed by atoms with Crippen molar-refractivity contribution in [3.63, 3.8) is 0 Å². The zero-order valence-electron chi connectivity index (χ0n) is 19.7. The number of benzene rings is 3. The van der Waals surface area contributed by atoms with E-state index in [0.29, 0.717) is 12.0 Å². The zero-order valence-corrected chi connectivity index (χ0v) is 19.7. The number of amides is 1. The fraction of sp³-hybridized carbons (Fsp3) is 0.310. The molecule has 1 aliphatic rings. The molecule has 5 heteroatoms. The van der Waals surface area contributed by atoms with E-state index in [2.05, 4.69) is 35.2 Å². The van der Waals surface area contributed by atoms with Crippen molar-refractivity contribution in [3.05, 3.63) is 89.5 Å². The molecule has 0 atom stereocenters. The molecule has 0 N–H and O–H groups in total. The number of nitriles is 1. The third kappa shape index (κ3) is 6.03. The summed E-state index contributed by atoms with van der Waals surface area (Å²) in [5.74, 6) is 1.07. The number of hydrogen-bond acceptors (Lipinski definition) is 4. The Kier molecular flexibility index (Phi) is 7.95. The highest BCUT2D eigenvalue weighted by atomic mass is 16.5. The van der Waals surface area contributed by atoms with E-state index in [1.54, 1.807) is 7.11 Å². The van der Waals surface area contributed by atoms with Crippen LogP contribution in [0.15, 0.2) is 72.8 Å². The van der Waals surface area contributed by atoms with E-state index in [-0.39, 0.29) is 5.91 Å². The van der Waals surface area contributed by atoms with Crippen molar-refractivity contribution >= 4 is 5.91 Å². The van der Waals surface area contributed by atoms with Gasteiger partial charge >= 0.3 is 0 Å².